The number of hydrogen-bond acceptors (Lipinski definition) is 6. The SMILES string of the molecule is Cc1ccc(Cn2nc(C)c(/C=C/C(=O)OCC(=O)Nc3c(C#N)oc4ccccc34)c2C)cc1. The van der Waals surface area contributed by atoms with Crippen molar-refractivity contribution < 1.29 is 18.7 Å². The van der Waals surface area contributed by atoms with Crippen LogP contribution in [0.3, 0.4) is 0 Å². The number of fused-ring (bicyclic) bond motifs is 1. The Morgan fingerprint density at radius 3 is 2.63 bits per heavy atom. The van der Waals surface area contributed by atoms with Gasteiger partial charge < -0.3 is 14.5 Å². The van der Waals surface area contributed by atoms with Crippen LogP contribution in [0.4, 0.5) is 5.69 Å². The molecule has 1 amide bonds. The molecule has 0 aliphatic heterocycles. The van der Waals surface area contributed by atoms with Crippen molar-refractivity contribution in [3.05, 3.63) is 88.4 Å². The van der Waals surface area contributed by atoms with Gasteiger partial charge >= 0.3 is 5.97 Å². The van der Waals surface area contributed by atoms with Gasteiger partial charge in [-0.15, -0.1) is 0 Å². The highest BCUT2D eigenvalue weighted by molar-refractivity contribution is 6.03. The van der Waals surface area contributed by atoms with Gasteiger partial charge in [0.15, 0.2) is 6.61 Å². The van der Waals surface area contributed by atoms with E-state index in [0.29, 0.717) is 17.5 Å². The van der Waals surface area contributed by atoms with Crippen molar-refractivity contribution >= 4 is 34.6 Å². The quantitative estimate of drug-likeness (QED) is 0.312. The Labute approximate surface area is 202 Å². The Hall–Kier alpha value is -4.64. The molecule has 2 aromatic heterocycles. The first-order valence-corrected chi connectivity index (χ1v) is 11.0. The number of amides is 1. The largest absolute Gasteiger partial charge is 0.452 e. The van der Waals surface area contributed by atoms with Crippen molar-refractivity contribution in [1.29, 1.82) is 5.26 Å². The number of benzene rings is 2. The van der Waals surface area contributed by atoms with Crippen LogP contribution in [0.15, 0.2) is 59.0 Å². The summed E-state index contributed by atoms with van der Waals surface area (Å²) in [4.78, 5) is 24.6. The van der Waals surface area contributed by atoms with Crippen molar-refractivity contribution in [1.82, 2.24) is 9.78 Å². The molecule has 0 radical (unpaired) electrons. The summed E-state index contributed by atoms with van der Waals surface area (Å²) in [6, 6.07) is 17.1. The number of esters is 1. The van der Waals surface area contributed by atoms with Crippen molar-refractivity contribution in [2.24, 2.45) is 0 Å². The number of carbonyl (C=O) groups is 2. The molecular formula is C27H24N4O4. The maximum Gasteiger partial charge on any atom is 0.331 e. The molecule has 8 heteroatoms. The lowest BCUT2D eigenvalue weighted by Gasteiger charge is -2.05. The molecule has 4 rings (SSSR count). The molecule has 0 spiro atoms. The standard InChI is InChI=1S/C27H24N4O4/c1-17-8-10-20(11-9-17)15-31-19(3)21(18(2)30-31)12-13-26(33)34-16-25(32)29-27-22-6-4-5-7-23(22)35-24(27)14-28/h4-13H,15-16H2,1-3H3,(H,29,32)/b13-12+. The molecular weight excluding hydrogens is 444 g/mol. The zero-order valence-corrected chi connectivity index (χ0v) is 19.7. The van der Waals surface area contributed by atoms with Gasteiger partial charge in [0.25, 0.3) is 5.91 Å². The molecule has 0 aliphatic carbocycles. The molecule has 2 aromatic carbocycles. The number of furan rings is 1. The highest BCUT2D eigenvalue weighted by Gasteiger charge is 2.17. The maximum atomic E-state index is 12.3. The average molecular weight is 469 g/mol. The monoisotopic (exact) mass is 468 g/mol. The Kier molecular flexibility index (Phi) is 6.78. The first-order valence-electron chi connectivity index (χ1n) is 11.0. The van der Waals surface area contributed by atoms with Crippen molar-refractivity contribution in [2.45, 2.75) is 27.3 Å². The van der Waals surface area contributed by atoms with Crippen LogP contribution in [0, 0.1) is 32.1 Å². The molecule has 0 saturated carbocycles. The number of ether oxygens (including phenoxy) is 1. The van der Waals surface area contributed by atoms with Crippen LogP contribution in [0.25, 0.3) is 17.0 Å². The molecule has 0 atom stereocenters. The smallest absolute Gasteiger partial charge is 0.331 e. The number of carbonyl (C=O) groups excluding carboxylic acids is 2. The molecule has 0 aliphatic rings. The highest BCUT2D eigenvalue weighted by atomic mass is 16.5. The lowest BCUT2D eigenvalue weighted by Crippen LogP contribution is -2.20. The summed E-state index contributed by atoms with van der Waals surface area (Å²) in [5, 5.41) is 17.0. The second-order valence-electron chi connectivity index (χ2n) is 8.13. The summed E-state index contributed by atoms with van der Waals surface area (Å²) < 4.78 is 12.4. The summed E-state index contributed by atoms with van der Waals surface area (Å²) in [5.41, 5.74) is 5.59. The Bertz CT molecular complexity index is 1470. The van der Waals surface area contributed by atoms with Gasteiger partial charge in [-0.3, -0.25) is 9.48 Å². The van der Waals surface area contributed by atoms with E-state index in [-0.39, 0.29) is 11.4 Å². The van der Waals surface area contributed by atoms with Gasteiger partial charge in [0, 0.05) is 22.7 Å². The Morgan fingerprint density at radius 1 is 1.14 bits per heavy atom. The van der Waals surface area contributed by atoms with Crippen LogP contribution in [0.5, 0.6) is 0 Å². The molecule has 1 N–H and O–H groups in total. The average Bonchev–Trinajstić information content (AvgIpc) is 3.33. The van der Waals surface area contributed by atoms with E-state index in [4.69, 9.17) is 9.15 Å². The van der Waals surface area contributed by atoms with Crippen molar-refractivity contribution in [3.63, 3.8) is 0 Å². The van der Waals surface area contributed by atoms with E-state index in [9.17, 15) is 14.9 Å². The van der Waals surface area contributed by atoms with E-state index >= 15 is 0 Å². The lowest BCUT2D eigenvalue weighted by molar-refractivity contribution is -0.142. The number of para-hydroxylation sites is 1. The van der Waals surface area contributed by atoms with E-state index in [1.165, 1.54) is 11.6 Å². The van der Waals surface area contributed by atoms with Crippen LogP contribution in [0.1, 0.15) is 33.8 Å². The maximum absolute atomic E-state index is 12.3. The number of nitriles is 1. The highest BCUT2D eigenvalue weighted by Crippen LogP contribution is 2.30. The lowest BCUT2D eigenvalue weighted by atomic mass is 10.1. The van der Waals surface area contributed by atoms with E-state index in [1.807, 2.05) is 31.5 Å². The van der Waals surface area contributed by atoms with E-state index in [2.05, 4.69) is 34.7 Å². The first kappa shape index (κ1) is 23.5. The first-order chi connectivity index (χ1) is 16.9. The third kappa shape index (κ3) is 5.31. The predicted molar refractivity (Wildman–Crippen MR) is 132 cm³/mol. The normalized spacial score (nSPS) is 11.0. The van der Waals surface area contributed by atoms with Gasteiger partial charge in [0.1, 0.15) is 17.3 Å². The topological polar surface area (TPSA) is 110 Å². The summed E-state index contributed by atoms with van der Waals surface area (Å²) in [7, 11) is 0. The molecule has 35 heavy (non-hydrogen) atoms. The van der Waals surface area contributed by atoms with Gasteiger partial charge in [0.2, 0.25) is 5.76 Å². The molecule has 0 fully saturated rings. The molecule has 176 valence electrons. The number of nitrogens with one attached hydrogen (secondary N) is 1. The molecule has 4 aromatic rings. The minimum atomic E-state index is -0.664. The summed E-state index contributed by atoms with van der Waals surface area (Å²) in [5.74, 6) is -1.25. The second kappa shape index (κ2) is 10.1. The number of hydrogen-bond donors (Lipinski definition) is 1. The minimum Gasteiger partial charge on any atom is -0.452 e. The fourth-order valence-corrected chi connectivity index (χ4v) is 3.73. The second-order valence-corrected chi connectivity index (χ2v) is 8.13. The molecule has 0 bridgehead atoms. The summed E-state index contributed by atoms with van der Waals surface area (Å²) >= 11 is 0. The number of aryl methyl sites for hydroxylation is 2. The summed E-state index contributed by atoms with van der Waals surface area (Å²) in [6.45, 7) is 5.98. The van der Waals surface area contributed by atoms with E-state index in [1.54, 1.807) is 30.3 Å². The van der Waals surface area contributed by atoms with Crippen LogP contribution in [0.2, 0.25) is 0 Å². The fourth-order valence-electron chi connectivity index (χ4n) is 3.73. The third-order valence-corrected chi connectivity index (χ3v) is 5.58. The zero-order chi connectivity index (χ0) is 24.9. The van der Waals surface area contributed by atoms with E-state index in [0.717, 1.165) is 22.5 Å². The van der Waals surface area contributed by atoms with Gasteiger partial charge in [-0.25, -0.2) is 4.79 Å². The predicted octanol–water partition coefficient (Wildman–Crippen LogP) is 4.67. The molecule has 0 saturated heterocycles. The number of anilines is 1. The van der Waals surface area contributed by atoms with Crippen LogP contribution in [-0.2, 0) is 20.9 Å². The Balaban J connectivity index is 1.37. The van der Waals surface area contributed by atoms with Crippen LogP contribution < -0.4 is 5.32 Å². The van der Waals surface area contributed by atoms with Crippen LogP contribution in [-0.4, -0.2) is 28.3 Å². The van der Waals surface area contributed by atoms with Gasteiger partial charge in [0.05, 0.1) is 12.2 Å². The number of aromatic nitrogens is 2. The zero-order valence-electron chi connectivity index (χ0n) is 19.7. The minimum absolute atomic E-state index is 0.0145. The van der Waals surface area contributed by atoms with Gasteiger partial charge in [-0.05, 0) is 44.5 Å². The van der Waals surface area contributed by atoms with Gasteiger partial charge in [-0.1, -0.05) is 42.0 Å². The summed E-state index contributed by atoms with van der Waals surface area (Å²) in [6.07, 6.45) is 2.91. The van der Waals surface area contributed by atoms with E-state index < -0.39 is 18.5 Å². The van der Waals surface area contributed by atoms with Gasteiger partial charge in [-0.2, -0.15) is 10.4 Å². The fraction of sp³-hybridized carbons (Fsp3) is 0.185. The number of nitrogens with zero attached hydrogens (tertiary/aromatic N) is 3. The Morgan fingerprint density at radius 2 is 1.89 bits per heavy atom. The molecule has 8 nitrogen and oxygen atoms in total. The third-order valence-electron chi connectivity index (χ3n) is 5.58. The van der Waals surface area contributed by atoms with Crippen molar-refractivity contribution in [3.8, 4) is 6.07 Å². The number of rotatable bonds is 7. The van der Waals surface area contributed by atoms with Crippen molar-refractivity contribution in [2.75, 3.05) is 11.9 Å². The van der Waals surface area contributed by atoms with Crippen LogP contribution >= 0.6 is 0 Å². The molecule has 0 unspecified atom stereocenters. The molecule has 2 heterocycles.